The maximum absolute atomic E-state index is 12.5. The second-order valence-corrected chi connectivity index (χ2v) is 4.99. The van der Waals surface area contributed by atoms with E-state index in [1.54, 1.807) is 0 Å². The highest BCUT2D eigenvalue weighted by Crippen LogP contribution is 2.28. The van der Waals surface area contributed by atoms with Gasteiger partial charge in [-0.1, -0.05) is 11.8 Å². The molecule has 1 aliphatic heterocycles. The first-order valence-corrected chi connectivity index (χ1v) is 6.98. The molecule has 0 unspecified atom stereocenters. The summed E-state index contributed by atoms with van der Waals surface area (Å²) in [6.45, 7) is 1.82. The minimum Gasteiger partial charge on any atom is -0.467 e. The number of ether oxygens (including phenoxy) is 2. The van der Waals surface area contributed by atoms with Gasteiger partial charge in [0.1, 0.15) is 0 Å². The number of hydrogen-bond donors (Lipinski definition) is 0. The highest BCUT2D eigenvalue weighted by Gasteiger charge is 2.30. The Morgan fingerprint density at radius 2 is 2.09 bits per heavy atom. The third-order valence-corrected chi connectivity index (χ3v) is 3.36. The second kappa shape index (κ2) is 7.49. The van der Waals surface area contributed by atoms with Crippen molar-refractivity contribution in [2.75, 3.05) is 33.4 Å². The monoisotopic (exact) mass is 327 g/mol. The van der Waals surface area contributed by atoms with E-state index in [1.165, 1.54) is 19.2 Å². The van der Waals surface area contributed by atoms with E-state index in [4.69, 9.17) is 4.74 Å². The van der Waals surface area contributed by atoms with Gasteiger partial charge in [0.25, 0.3) is 0 Å². The number of methoxy groups -OCH3 is 1. The lowest BCUT2D eigenvalue weighted by Crippen LogP contribution is -2.46. The third-order valence-electron chi connectivity index (χ3n) is 3.36. The first-order chi connectivity index (χ1) is 10.9. The van der Waals surface area contributed by atoms with Crippen molar-refractivity contribution in [1.29, 1.82) is 0 Å². The van der Waals surface area contributed by atoms with Gasteiger partial charge in [0.2, 0.25) is 0 Å². The van der Waals surface area contributed by atoms with Crippen molar-refractivity contribution in [2.24, 2.45) is 0 Å². The summed E-state index contributed by atoms with van der Waals surface area (Å²) in [5.74, 6) is 5.28. The third kappa shape index (κ3) is 4.98. The first kappa shape index (κ1) is 17.3. The zero-order chi connectivity index (χ0) is 16.9. The highest BCUT2D eigenvalue weighted by atomic mass is 19.4. The fourth-order valence-electron chi connectivity index (χ4n) is 2.12. The number of nitrogens with zero attached hydrogens (tertiary/aromatic N) is 1. The zero-order valence-corrected chi connectivity index (χ0v) is 12.5. The molecule has 0 radical (unpaired) electrons. The molecule has 1 aromatic carbocycles. The summed E-state index contributed by atoms with van der Waals surface area (Å²) in [5, 5.41) is 0. The molecule has 1 heterocycles. The predicted molar refractivity (Wildman–Crippen MR) is 76.5 cm³/mol. The van der Waals surface area contributed by atoms with Crippen molar-refractivity contribution >= 4 is 5.97 Å². The van der Waals surface area contributed by atoms with Crippen LogP contribution in [0.15, 0.2) is 24.3 Å². The van der Waals surface area contributed by atoms with E-state index in [2.05, 4.69) is 16.6 Å². The molecule has 0 aromatic heterocycles. The molecule has 2 rings (SSSR count). The Morgan fingerprint density at radius 1 is 1.39 bits per heavy atom. The number of morpholine rings is 1. The molecule has 1 atom stereocenters. The summed E-state index contributed by atoms with van der Waals surface area (Å²) in [7, 11) is 1.30. The van der Waals surface area contributed by atoms with Gasteiger partial charge in [-0.2, -0.15) is 13.2 Å². The molecule has 0 saturated carbocycles. The van der Waals surface area contributed by atoms with Gasteiger partial charge in [0.15, 0.2) is 6.10 Å². The summed E-state index contributed by atoms with van der Waals surface area (Å²) in [6.07, 6.45) is -4.97. The van der Waals surface area contributed by atoms with Crippen LogP contribution in [-0.4, -0.2) is 50.3 Å². The normalized spacial score (nSPS) is 18.9. The molecule has 0 bridgehead atoms. The molecule has 23 heavy (non-hydrogen) atoms. The largest absolute Gasteiger partial charge is 0.467 e. The Morgan fingerprint density at radius 3 is 2.70 bits per heavy atom. The molecular formula is C16H16F3NO3. The predicted octanol–water partition coefficient (Wildman–Crippen LogP) is 1.93. The van der Waals surface area contributed by atoms with Crippen LogP contribution in [0.3, 0.4) is 0 Å². The Hall–Kier alpha value is -2.04. The zero-order valence-electron chi connectivity index (χ0n) is 12.5. The number of rotatable bonds is 2. The molecule has 0 N–H and O–H groups in total. The quantitative estimate of drug-likeness (QED) is 0.615. The van der Waals surface area contributed by atoms with Gasteiger partial charge in [0.05, 0.1) is 25.8 Å². The van der Waals surface area contributed by atoms with Crippen molar-refractivity contribution in [3.63, 3.8) is 0 Å². The SMILES string of the molecule is COC(=O)[C@H]1CN(CC#Cc2ccc(C(F)(F)F)cc2)CCO1. The average Bonchev–Trinajstić information content (AvgIpc) is 2.54. The van der Waals surface area contributed by atoms with Crippen LogP contribution in [0.1, 0.15) is 11.1 Å². The van der Waals surface area contributed by atoms with Crippen molar-refractivity contribution in [1.82, 2.24) is 4.90 Å². The number of halogens is 3. The molecule has 1 saturated heterocycles. The van der Waals surface area contributed by atoms with Gasteiger partial charge >= 0.3 is 12.1 Å². The van der Waals surface area contributed by atoms with E-state index in [1.807, 2.05) is 4.90 Å². The average molecular weight is 327 g/mol. The van der Waals surface area contributed by atoms with Gasteiger partial charge in [-0.25, -0.2) is 4.79 Å². The standard InChI is InChI=1S/C16H16F3NO3/c1-22-15(21)14-11-20(9-10-23-14)8-2-3-12-4-6-13(7-5-12)16(17,18)19/h4-7,14H,8-11H2,1H3/t14-/m1/s1. The summed E-state index contributed by atoms with van der Waals surface area (Å²) in [6, 6.07) is 4.69. The Kier molecular flexibility index (Phi) is 5.64. The van der Waals surface area contributed by atoms with Crippen molar-refractivity contribution < 1.29 is 27.4 Å². The molecule has 4 nitrogen and oxygen atoms in total. The first-order valence-electron chi connectivity index (χ1n) is 6.98. The Bertz CT molecular complexity index is 602. The number of esters is 1. The molecule has 0 amide bonds. The van der Waals surface area contributed by atoms with Crippen LogP contribution in [0.4, 0.5) is 13.2 Å². The van der Waals surface area contributed by atoms with Crippen LogP contribution < -0.4 is 0 Å². The molecule has 1 aromatic rings. The van der Waals surface area contributed by atoms with Crippen molar-refractivity contribution in [2.45, 2.75) is 12.3 Å². The van der Waals surface area contributed by atoms with E-state index in [9.17, 15) is 18.0 Å². The fourth-order valence-corrected chi connectivity index (χ4v) is 2.12. The molecule has 1 aliphatic rings. The summed E-state index contributed by atoms with van der Waals surface area (Å²) in [5.41, 5.74) is -0.187. The van der Waals surface area contributed by atoms with Gasteiger partial charge < -0.3 is 9.47 Å². The lowest BCUT2D eigenvalue weighted by molar-refractivity contribution is -0.159. The van der Waals surface area contributed by atoms with Crippen LogP contribution in [0.2, 0.25) is 0 Å². The van der Waals surface area contributed by atoms with Gasteiger partial charge in [0, 0.05) is 18.7 Å². The Labute approximate surface area is 132 Å². The molecule has 0 spiro atoms. The van der Waals surface area contributed by atoms with Gasteiger partial charge in [-0.15, -0.1) is 0 Å². The van der Waals surface area contributed by atoms with Crippen LogP contribution in [0.25, 0.3) is 0 Å². The van der Waals surface area contributed by atoms with E-state index in [0.717, 1.165) is 12.1 Å². The highest BCUT2D eigenvalue weighted by molar-refractivity contribution is 5.74. The maximum atomic E-state index is 12.5. The number of carbonyl (C=O) groups excluding carboxylic acids is 1. The van der Waals surface area contributed by atoms with Crippen molar-refractivity contribution in [3.8, 4) is 11.8 Å². The second-order valence-electron chi connectivity index (χ2n) is 4.99. The molecule has 124 valence electrons. The smallest absolute Gasteiger partial charge is 0.416 e. The van der Waals surface area contributed by atoms with Crippen LogP contribution in [0, 0.1) is 11.8 Å². The van der Waals surface area contributed by atoms with E-state index < -0.39 is 23.8 Å². The minimum absolute atomic E-state index is 0.383. The van der Waals surface area contributed by atoms with Crippen LogP contribution in [0.5, 0.6) is 0 Å². The van der Waals surface area contributed by atoms with Crippen LogP contribution >= 0.6 is 0 Å². The Balaban J connectivity index is 1.91. The number of hydrogen-bond acceptors (Lipinski definition) is 4. The van der Waals surface area contributed by atoms with E-state index in [0.29, 0.717) is 31.8 Å². The lowest BCUT2D eigenvalue weighted by atomic mass is 10.1. The maximum Gasteiger partial charge on any atom is 0.416 e. The number of benzene rings is 1. The van der Waals surface area contributed by atoms with E-state index >= 15 is 0 Å². The summed E-state index contributed by atoms with van der Waals surface area (Å²) >= 11 is 0. The lowest BCUT2D eigenvalue weighted by Gasteiger charge is -2.29. The molecular weight excluding hydrogens is 311 g/mol. The topological polar surface area (TPSA) is 38.8 Å². The molecule has 0 aliphatic carbocycles. The van der Waals surface area contributed by atoms with Gasteiger partial charge in [-0.3, -0.25) is 4.90 Å². The molecule has 1 fully saturated rings. The number of carbonyl (C=O) groups is 1. The number of alkyl halides is 3. The summed E-state index contributed by atoms with van der Waals surface area (Å²) < 4.78 is 47.3. The van der Waals surface area contributed by atoms with Crippen LogP contribution in [-0.2, 0) is 20.4 Å². The fraction of sp³-hybridized carbons (Fsp3) is 0.438. The minimum atomic E-state index is -4.34. The van der Waals surface area contributed by atoms with Crippen molar-refractivity contribution in [3.05, 3.63) is 35.4 Å². The molecule has 7 heteroatoms. The summed E-state index contributed by atoms with van der Waals surface area (Å²) in [4.78, 5) is 13.4. The van der Waals surface area contributed by atoms with E-state index in [-0.39, 0.29) is 0 Å². The van der Waals surface area contributed by atoms with Gasteiger partial charge in [-0.05, 0) is 24.3 Å².